The fraction of sp³-hybridized carbons (Fsp3) is 0.100. The third-order valence-electron chi connectivity index (χ3n) is 1.89. The molecule has 2 heterocycles. The van der Waals surface area contributed by atoms with Crippen LogP contribution < -0.4 is 5.56 Å². The van der Waals surface area contributed by atoms with Gasteiger partial charge in [-0.25, -0.2) is 4.68 Å². The topological polar surface area (TPSA) is 65.1 Å². The van der Waals surface area contributed by atoms with E-state index in [9.17, 15) is 9.59 Å². The molecule has 76 valence electrons. The lowest BCUT2D eigenvalue weighted by atomic mass is 10.4. The second kappa shape index (κ2) is 3.91. The van der Waals surface area contributed by atoms with E-state index in [1.165, 1.54) is 16.9 Å². The van der Waals surface area contributed by atoms with Gasteiger partial charge in [-0.2, -0.15) is 5.10 Å². The number of aromatic nitrogens is 2. The Labute approximate surface area is 85.0 Å². The largest absolute Gasteiger partial charge is 0.456 e. The summed E-state index contributed by atoms with van der Waals surface area (Å²) in [6.45, 7) is 0.230. The van der Waals surface area contributed by atoms with Crippen LogP contribution in [0.1, 0.15) is 16.3 Å². The lowest BCUT2D eigenvalue weighted by molar-refractivity contribution is 0.109. The van der Waals surface area contributed by atoms with Crippen molar-refractivity contribution >= 4 is 6.29 Å². The van der Waals surface area contributed by atoms with Gasteiger partial charge in [0.2, 0.25) is 0 Å². The first-order valence-corrected chi connectivity index (χ1v) is 4.35. The molecule has 0 amide bonds. The number of nitrogens with zero attached hydrogens (tertiary/aromatic N) is 2. The first-order chi connectivity index (χ1) is 7.29. The van der Waals surface area contributed by atoms with Gasteiger partial charge in [0.25, 0.3) is 5.56 Å². The summed E-state index contributed by atoms with van der Waals surface area (Å²) in [6, 6.07) is 6.18. The molecular weight excluding hydrogens is 196 g/mol. The maximum absolute atomic E-state index is 11.3. The number of rotatable bonds is 3. The van der Waals surface area contributed by atoms with Crippen LogP contribution in [0, 0.1) is 0 Å². The van der Waals surface area contributed by atoms with Crippen LogP contribution in [0.4, 0.5) is 0 Å². The van der Waals surface area contributed by atoms with Crippen molar-refractivity contribution in [2.24, 2.45) is 0 Å². The third kappa shape index (κ3) is 2.01. The van der Waals surface area contributed by atoms with E-state index >= 15 is 0 Å². The van der Waals surface area contributed by atoms with E-state index in [2.05, 4.69) is 5.10 Å². The number of aldehydes is 1. The molecule has 0 atom stereocenters. The Balaban J connectivity index is 2.25. The summed E-state index contributed by atoms with van der Waals surface area (Å²) in [5.41, 5.74) is -0.207. The highest BCUT2D eigenvalue weighted by atomic mass is 16.3. The number of carbonyl (C=O) groups excluding carboxylic acids is 1. The van der Waals surface area contributed by atoms with Gasteiger partial charge in [-0.05, 0) is 18.2 Å². The summed E-state index contributed by atoms with van der Waals surface area (Å²) in [4.78, 5) is 21.7. The smallest absolute Gasteiger partial charge is 0.267 e. The van der Waals surface area contributed by atoms with E-state index in [1.54, 1.807) is 18.2 Å². The highest BCUT2D eigenvalue weighted by molar-refractivity contribution is 5.70. The van der Waals surface area contributed by atoms with E-state index in [1.807, 2.05) is 0 Å². The fourth-order valence-corrected chi connectivity index (χ4v) is 1.20. The maximum atomic E-state index is 11.3. The number of furan rings is 1. The van der Waals surface area contributed by atoms with Crippen molar-refractivity contribution < 1.29 is 9.21 Å². The minimum Gasteiger partial charge on any atom is -0.456 e. The van der Waals surface area contributed by atoms with Crippen molar-refractivity contribution in [2.45, 2.75) is 6.54 Å². The normalized spacial score (nSPS) is 10.1. The summed E-state index contributed by atoms with van der Waals surface area (Å²) in [6.07, 6.45) is 2.13. The molecule has 0 aliphatic carbocycles. The van der Waals surface area contributed by atoms with Gasteiger partial charge in [-0.1, -0.05) is 0 Å². The highest BCUT2D eigenvalue weighted by Crippen LogP contribution is 2.05. The highest BCUT2D eigenvalue weighted by Gasteiger charge is 2.03. The lowest BCUT2D eigenvalue weighted by Crippen LogP contribution is -2.21. The van der Waals surface area contributed by atoms with Crippen LogP contribution in [0.25, 0.3) is 0 Å². The summed E-state index contributed by atoms with van der Waals surface area (Å²) >= 11 is 0. The van der Waals surface area contributed by atoms with Gasteiger partial charge in [0.15, 0.2) is 12.0 Å². The van der Waals surface area contributed by atoms with Crippen LogP contribution in [-0.4, -0.2) is 16.1 Å². The molecule has 0 aliphatic rings. The van der Waals surface area contributed by atoms with Gasteiger partial charge >= 0.3 is 0 Å². The van der Waals surface area contributed by atoms with Gasteiger partial charge in [-0.3, -0.25) is 9.59 Å². The Morgan fingerprint density at radius 1 is 1.40 bits per heavy atom. The van der Waals surface area contributed by atoms with Gasteiger partial charge in [0.05, 0.1) is 0 Å². The summed E-state index contributed by atoms with van der Waals surface area (Å²) in [5, 5.41) is 3.86. The molecule has 15 heavy (non-hydrogen) atoms. The summed E-state index contributed by atoms with van der Waals surface area (Å²) in [7, 11) is 0. The Morgan fingerprint density at radius 2 is 2.27 bits per heavy atom. The zero-order valence-corrected chi connectivity index (χ0v) is 7.79. The first-order valence-electron chi connectivity index (χ1n) is 4.35. The number of hydrogen-bond donors (Lipinski definition) is 0. The molecule has 2 aromatic heterocycles. The quantitative estimate of drug-likeness (QED) is 0.690. The first kappa shape index (κ1) is 9.39. The van der Waals surface area contributed by atoms with Crippen LogP contribution in [-0.2, 0) is 6.54 Å². The van der Waals surface area contributed by atoms with Crippen molar-refractivity contribution in [1.29, 1.82) is 0 Å². The molecule has 0 saturated carbocycles. The average molecular weight is 204 g/mol. The number of carbonyl (C=O) groups is 1. The Morgan fingerprint density at radius 3 is 2.93 bits per heavy atom. The van der Waals surface area contributed by atoms with Crippen LogP contribution in [0.3, 0.4) is 0 Å². The van der Waals surface area contributed by atoms with E-state index in [0.29, 0.717) is 12.0 Å². The summed E-state index contributed by atoms with van der Waals surface area (Å²) < 4.78 is 6.38. The Hall–Kier alpha value is -2.17. The third-order valence-corrected chi connectivity index (χ3v) is 1.89. The molecule has 0 unspecified atom stereocenters. The van der Waals surface area contributed by atoms with Crippen molar-refractivity contribution in [3.05, 3.63) is 52.3 Å². The zero-order chi connectivity index (χ0) is 10.7. The Bertz CT molecular complexity index is 527. The molecule has 0 N–H and O–H groups in total. The van der Waals surface area contributed by atoms with Gasteiger partial charge in [-0.15, -0.1) is 0 Å². The van der Waals surface area contributed by atoms with E-state index < -0.39 is 0 Å². The molecule has 0 saturated heterocycles. The minimum absolute atomic E-state index is 0.207. The van der Waals surface area contributed by atoms with Gasteiger partial charge in [0.1, 0.15) is 12.3 Å². The van der Waals surface area contributed by atoms with E-state index in [4.69, 9.17) is 4.42 Å². The fourth-order valence-electron chi connectivity index (χ4n) is 1.20. The monoisotopic (exact) mass is 204 g/mol. The van der Waals surface area contributed by atoms with Crippen molar-refractivity contribution in [1.82, 2.24) is 9.78 Å². The minimum atomic E-state index is -0.207. The van der Waals surface area contributed by atoms with Crippen LogP contribution in [0.5, 0.6) is 0 Å². The molecular formula is C10H8N2O3. The summed E-state index contributed by atoms with van der Waals surface area (Å²) in [5.74, 6) is 0.770. The second-order valence-electron chi connectivity index (χ2n) is 2.94. The molecule has 0 radical (unpaired) electrons. The molecule has 0 aromatic carbocycles. The molecule has 2 aromatic rings. The Kier molecular flexibility index (Phi) is 2.45. The van der Waals surface area contributed by atoms with Gasteiger partial charge < -0.3 is 4.42 Å². The van der Waals surface area contributed by atoms with Crippen molar-refractivity contribution in [3.8, 4) is 0 Å². The van der Waals surface area contributed by atoms with E-state index in [0.717, 1.165) is 0 Å². The maximum Gasteiger partial charge on any atom is 0.267 e. The molecule has 0 aliphatic heterocycles. The average Bonchev–Trinajstić information content (AvgIpc) is 2.69. The molecule has 0 fully saturated rings. The molecule has 5 heteroatoms. The zero-order valence-electron chi connectivity index (χ0n) is 7.79. The van der Waals surface area contributed by atoms with Crippen LogP contribution in [0.2, 0.25) is 0 Å². The molecule has 0 bridgehead atoms. The van der Waals surface area contributed by atoms with E-state index in [-0.39, 0.29) is 17.9 Å². The van der Waals surface area contributed by atoms with Gasteiger partial charge in [0, 0.05) is 12.3 Å². The second-order valence-corrected chi connectivity index (χ2v) is 2.94. The van der Waals surface area contributed by atoms with Crippen LogP contribution >= 0.6 is 0 Å². The predicted octanol–water partition coefficient (Wildman–Crippen LogP) is 0.697. The van der Waals surface area contributed by atoms with Crippen molar-refractivity contribution in [3.63, 3.8) is 0 Å². The van der Waals surface area contributed by atoms with Crippen LogP contribution in [0.15, 0.2) is 39.7 Å². The molecule has 5 nitrogen and oxygen atoms in total. The lowest BCUT2D eigenvalue weighted by Gasteiger charge is -1.99. The predicted molar refractivity (Wildman–Crippen MR) is 51.7 cm³/mol. The van der Waals surface area contributed by atoms with Crippen molar-refractivity contribution in [2.75, 3.05) is 0 Å². The number of hydrogen-bond acceptors (Lipinski definition) is 4. The standard InChI is InChI=1S/C10H8N2O3/c13-7-9-4-3-8(15-9)6-12-10(14)2-1-5-11-12/h1-5,7H,6H2. The SMILES string of the molecule is O=Cc1ccc(Cn2ncccc2=O)o1. The molecule has 0 spiro atoms. The molecule has 2 rings (SSSR count).